The SMILES string of the molecule is CCOCC(C)Oc1cccc(C(=O)O)c1N. The molecule has 17 heavy (non-hydrogen) atoms. The number of ether oxygens (including phenoxy) is 2. The molecule has 94 valence electrons. The van der Waals surface area contributed by atoms with E-state index in [1.165, 1.54) is 6.07 Å². The molecule has 0 aliphatic heterocycles. The van der Waals surface area contributed by atoms with Gasteiger partial charge in [-0.15, -0.1) is 0 Å². The molecule has 5 heteroatoms. The molecule has 0 aromatic heterocycles. The van der Waals surface area contributed by atoms with E-state index in [2.05, 4.69) is 0 Å². The van der Waals surface area contributed by atoms with Crippen LogP contribution in [0.2, 0.25) is 0 Å². The van der Waals surface area contributed by atoms with Gasteiger partial charge < -0.3 is 20.3 Å². The summed E-state index contributed by atoms with van der Waals surface area (Å²) in [7, 11) is 0. The summed E-state index contributed by atoms with van der Waals surface area (Å²) < 4.78 is 10.7. The first kappa shape index (κ1) is 13.3. The Labute approximate surface area is 100 Å². The molecule has 5 nitrogen and oxygen atoms in total. The Hall–Kier alpha value is -1.75. The van der Waals surface area contributed by atoms with Gasteiger partial charge in [0.1, 0.15) is 11.9 Å². The van der Waals surface area contributed by atoms with Gasteiger partial charge in [0.25, 0.3) is 0 Å². The highest BCUT2D eigenvalue weighted by Gasteiger charge is 2.13. The molecular weight excluding hydrogens is 222 g/mol. The van der Waals surface area contributed by atoms with Crippen LogP contribution in [0.25, 0.3) is 0 Å². The van der Waals surface area contributed by atoms with E-state index < -0.39 is 5.97 Å². The second-order valence-corrected chi connectivity index (χ2v) is 3.61. The minimum atomic E-state index is -1.06. The van der Waals surface area contributed by atoms with E-state index in [0.29, 0.717) is 19.0 Å². The Bertz CT molecular complexity index is 392. The summed E-state index contributed by atoms with van der Waals surface area (Å²) in [6.45, 7) is 4.78. The standard InChI is InChI=1S/C12H17NO4/c1-3-16-7-8(2)17-10-6-4-5-9(11(10)13)12(14)15/h4-6,8H,3,7,13H2,1-2H3,(H,14,15). The van der Waals surface area contributed by atoms with Gasteiger partial charge in [-0.25, -0.2) is 4.79 Å². The Morgan fingerprint density at radius 3 is 2.82 bits per heavy atom. The van der Waals surface area contributed by atoms with Crippen molar-refractivity contribution in [3.63, 3.8) is 0 Å². The number of carbonyl (C=O) groups is 1. The summed E-state index contributed by atoms with van der Waals surface area (Å²) in [5, 5.41) is 8.91. The third-order valence-electron chi connectivity index (χ3n) is 2.18. The normalized spacial score (nSPS) is 12.1. The number of nitrogen functional groups attached to an aromatic ring is 1. The molecule has 0 saturated heterocycles. The molecule has 1 atom stereocenters. The van der Waals surface area contributed by atoms with Crippen LogP contribution >= 0.6 is 0 Å². The van der Waals surface area contributed by atoms with Crippen molar-refractivity contribution in [1.29, 1.82) is 0 Å². The summed E-state index contributed by atoms with van der Waals surface area (Å²) >= 11 is 0. The molecule has 0 fully saturated rings. The zero-order chi connectivity index (χ0) is 12.8. The van der Waals surface area contributed by atoms with Crippen molar-refractivity contribution in [2.75, 3.05) is 18.9 Å². The van der Waals surface area contributed by atoms with Crippen molar-refractivity contribution in [2.24, 2.45) is 0 Å². The zero-order valence-electron chi connectivity index (χ0n) is 9.97. The summed E-state index contributed by atoms with van der Waals surface area (Å²) in [6.07, 6.45) is -0.179. The predicted molar refractivity (Wildman–Crippen MR) is 64.4 cm³/mol. The third-order valence-corrected chi connectivity index (χ3v) is 2.18. The number of para-hydroxylation sites is 1. The fourth-order valence-corrected chi connectivity index (χ4v) is 1.37. The topological polar surface area (TPSA) is 81.8 Å². The minimum absolute atomic E-state index is 0.0473. The largest absolute Gasteiger partial charge is 0.486 e. The molecular formula is C12H17NO4. The van der Waals surface area contributed by atoms with Crippen LogP contribution in [0.3, 0.4) is 0 Å². The Kier molecular flexibility index (Phi) is 4.78. The monoisotopic (exact) mass is 239 g/mol. The van der Waals surface area contributed by atoms with Gasteiger partial charge in [0.15, 0.2) is 0 Å². The summed E-state index contributed by atoms with van der Waals surface area (Å²) in [5.41, 5.74) is 5.90. The molecule has 0 aliphatic rings. The third kappa shape index (κ3) is 3.64. The van der Waals surface area contributed by atoms with E-state index in [-0.39, 0.29) is 17.4 Å². The Morgan fingerprint density at radius 1 is 1.53 bits per heavy atom. The highest BCUT2D eigenvalue weighted by molar-refractivity contribution is 5.95. The number of anilines is 1. The molecule has 0 bridgehead atoms. The lowest BCUT2D eigenvalue weighted by Crippen LogP contribution is -2.20. The molecule has 1 aromatic carbocycles. The lowest BCUT2D eigenvalue weighted by Gasteiger charge is -2.16. The maximum absolute atomic E-state index is 10.9. The number of hydrogen-bond acceptors (Lipinski definition) is 4. The first-order chi connectivity index (χ1) is 8.06. The van der Waals surface area contributed by atoms with Crippen LogP contribution in [-0.4, -0.2) is 30.4 Å². The van der Waals surface area contributed by atoms with E-state index >= 15 is 0 Å². The Morgan fingerprint density at radius 2 is 2.24 bits per heavy atom. The second-order valence-electron chi connectivity index (χ2n) is 3.61. The van der Waals surface area contributed by atoms with E-state index in [9.17, 15) is 4.79 Å². The number of benzene rings is 1. The molecule has 0 radical (unpaired) electrons. The molecule has 1 rings (SSSR count). The lowest BCUT2D eigenvalue weighted by atomic mass is 10.1. The number of carboxylic acids is 1. The Balaban J connectivity index is 2.77. The van der Waals surface area contributed by atoms with Gasteiger partial charge in [0, 0.05) is 6.61 Å². The van der Waals surface area contributed by atoms with Crippen molar-refractivity contribution in [3.05, 3.63) is 23.8 Å². The van der Waals surface area contributed by atoms with Gasteiger partial charge in [0.05, 0.1) is 17.9 Å². The van der Waals surface area contributed by atoms with Crippen molar-refractivity contribution >= 4 is 11.7 Å². The molecule has 0 amide bonds. The van der Waals surface area contributed by atoms with Crippen molar-refractivity contribution in [1.82, 2.24) is 0 Å². The predicted octanol–water partition coefficient (Wildman–Crippen LogP) is 1.77. The van der Waals surface area contributed by atoms with Crippen molar-refractivity contribution in [3.8, 4) is 5.75 Å². The maximum Gasteiger partial charge on any atom is 0.337 e. The summed E-state index contributed by atoms with van der Waals surface area (Å²) in [5.74, 6) is -0.692. The fraction of sp³-hybridized carbons (Fsp3) is 0.417. The number of carboxylic acid groups (broad SMARTS) is 1. The zero-order valence-corrected chi connectivity index (χ0v) is 9.97. The van der Waals surface area contributed by atoms with E-state index in [1.807, 2.05) is 13.8 Å². The van der Waals surface area contributed by atoms with Gasteiger partial charge >= 0.3 is 5.97 Å². The highest BCUT2D eigenvalue weighted by Crippen LogP contribution is 2.26. The first-order valence-corrected chi connectivity index (χ1v) is 5.42. The van der Waals surface area contributed by atoms with Crippen LogP contribution in [0.1, 0.15) is 24.2 Å². The average Bonchev–Trinajstić information content (AvgIpc) is 2.28. The molecule has 0 aliphatic carbocycles. The number of rotatable bonds is 6. The van der Waals surface area contributed by atoms with Crippen LogP contribution in [0.4, 0.5) is 5.69 Å². The molecule has 0 heterocycles. The summed E-state index contributed by atoms with van der Waals surface area (Å²) in [6, 6.07) is 4.69. The molecule has 3 N–H and O–H groups in total. The lowest BCUT2D eigenvalue weighted by molar-refractivity contribution is 0.0654. The number of aromatic carboxylic acids is 1. The van der Waals surface area contributed by atoms with Gasteiger partial charge in [0.2, 0.25) is 0 Å². The fourth-order valence-electron chi connectivity index (χ4n) is 1.37. The van der Waals surface area contributed by atoms with Crippen LogP contribution in [0.5, 0.6) is 5.75 Å². The van der Waals surface area contributed by atoms with Crippen LogP contribution in [0.15, 0.2) is 18.2 Å². The molecule has 0 spiro atoms. The van der Waals surface area contributed by atoms with Crippen molar-refractivity contribution in [2.45, 2.75) is 20.0 Å². The van der Waals surface area contributed by atoms with Gasteiger partial charge in [-0.05, 0) is 26.0 Å². The molecule has 1 aromatic rings. The van der Waals surface area contributed by atoms with Gasteiger partial charge in [-0.3, -0.25) is 0 Å². The molecule has 0 saturated carbocycles. The van der Waals surface area contributed by atoms with E-state index in [4.69, 9.17) is 20.3 Å². The number of nitrogens with two attached hydrogens (primary N) is 1. The maximum atomic E-state index is 10.9. The molecule has 1 unspecified atom stereocenters. The van der Waals surface area contributed by atoms with Gasteiger partial charge in [-0.2, -0.15) is 0 Å². The quantitative estimate of drug-likeness (QED) is 0.739. The van der Waals surface area contributed by atoms with E-state index in [0.717, 1.165) is 0 Å². The highest BCUT2D eigenvalue weighted by atomic mass is 16.5. The first-order valence-electron chi connectivity index (χ1n) is 5.42. The average molecular weight is 239 g/mol. The van der Waals surface area contributed by atoms with Gasteiger partial charge in [-0.1, -0.05) is 6.07 Å². The smallest absolute Gasteiger partial charge is 0.337 e. The minimum Gasteiger partial charge on any atom is -0.486 e. The summed E-state index contributed by atoms with van der Waals surface area (Å²) in [4.78, 5) is 10.9. The van der Waals surface area contributed by atoms with Crippen LogP contribution in [-0.2, 0) is 4.74 Å². The second kappa shape index (κ2) is 6.10. The number of hydrogen-bond donors (Lipinski definition) is 2. The van der Waals surface area contributed by atoms with E-state index in [1.54, 1.807) is 12.1 Å². The van der Waals surface area contributed by atoms with Crippen LogP contribution in [0, 0.1) is 0 Å². The van der Waals surface area contributed by atoms with Crippen LogP contribution < -0.4 is 10.5 Å². The van der Waals surface area contributed by atoms with Crippen molar-refractivity contribution < 1.29 is 19.4 Å².